The molecule has 3 rings (SSSR count). The second-order valence-electron chi connectivity index (χ2n) is 5.34. The number of aryl methyl sites for hydroxylation is 1. The van der Waals surface area contributed by atoms with Gasteiger partial charge in [0.1, 0.15) is 0 Å². The standard InChI is InChI=1S/C21H20N2/c1-3-11-18-19(4-2)22-21(17-14-9-6-10-15-17)23-20(18)16-12-7-5-8-13-16/h3,5-15H,4H2,1-2H3/b11-3-. The van der Waals surface area contributed by atoms with E-state index < -0.39 is 0 Å². The topological polar surface area (TPSA) is 25.8 Å². The first kappa shape index (κ1) is 15.2. The van der Waals surface area contributed by atoms with Crippen LogP contribution in [0.1, 0.15) is 25.1 Å². The summed E-state index contributed by atoms with van der Waals surface area (Å²) < 4.78 is 0. The minimum atomic E-state index is 0.787. The molecule has 0 saturated heterocycles. The van der Waals surface area contributed by atoms with Crippen molar-refractivity contribution in [1.82, 2.24) is 9.97 Å². The zero-order valence-corrected chi connectivity index (χ0v) is 13.5. The fraction of sp³-hybridized carbons (Fsp3) is 0.143. The SMILES string of the molecule is C/C=C\c1c(CC)nc(-c2ccccc2)nc1-c1ccccc1. The lowest BCUT2D eigenvalue weighted by atomic mass is 10.0. The summed E-state index contributed by atoms with van der Waals surface area (Å²) in [5, 5.41) is 0. The second kappa shape index (κ2) is 7.01. The Balaban J connectivity index is 2.26. The highest BCUT2D eigenvalue weighted by molar-refractivity contribution is 5.75. The maximum atomic E-state index is 4.88. The van der Waals surface area contributed by atoms with Crippen LogP contribution in [-0.4, -0.2) is 9.97 Å². The van der Waals surface area contributed by atoms with Gasteiger partial charge in [0.2, 0.25) is 0 Å². The average Bonchev–Trinajstić information content (AvgIpc) is 2.63. The van der Waals surface area contributed by atoms with Gasteiger partial charge in [-0.1, -0.05) is 79.7 Å². The highest BCUT2D eigenvalue weighted by Gasteiger charge is 2.13. The van der Waals surface area contributed by atoms with Crippen molar-refractivity contribution >= 4 is 6.08 Å². The van der Waals surface area contributed by atoms with Gasteiger partial charge in [0, 0.05) is 16.7 Å². The normalized spacial score (nSPS) is 11.0. The molecule has 0 spiro atoms. The van der Waals surface area contributed by atoms with Crippen LogP contribution in [0, 0.1) is 0 Å². The molecule has 3 aromatic rings. The van der Waals surface area contributed by atoms with Crippen LogP contribution in [0.15, 0.2) is 66.7 Å². The molecule has 0 amide bonds. The molecule has 0 aliphatic heterocycles. The van der Waals surface area contributed by atoms with Crippen LogP contribution in [0.3, 0.4) is 0 Å². The Bertz CT molecular complexity index is 806. The van der Waals surface area contributed by atoms with Crippen LogP contribution in [-0.2, 0) is 6.42 Å². The lowest BCUT2D eigenvalue weighted by molar-refractivity contribution is 1.00. The predicted octanol–water partition coefficient (Wildman–Crippen LogP) is 5.41. The maximum Gasteiger partial charge on any atom is 0.160 e. The Kier molecular flexibility index (Phi) is 4.62. The predicted molar refractivity (Wildman–Crippen MR) is 97.0 cm³/mol. The summed E-state index contributed by atoms with van der Waals surface area (Å²) >= 11 is 0. The molecule has 2 heteroatoms. The van der Waals surface area contributed by atoms with E-state index in [1.165, 1.54) is 0 Å². The van der Waals surface area contributed by atoms with Crippen LogP contribution in [0.5, 0.6) is 0 Å². The number of allylic oxidation sites excluding steroid dienone is 1. The van der Waals surface area contributed by atoms with Crippen molar-refractivity contribution in [3.8, 4) is 22.6 Å². The minimum Gasteiger partial charge on any atom is -0.232 e. The lowest BCUT2D eigenvalue weighted by Gasteiger charge is -2.12. The molecule has 0 saturated carbocycles. The van der Waals surface area contributed by atoms with Gasteiger partial charge in [-0.05, 0) is 13.3 Å². The van der Waals surface area contributed by atoms with Gasteiger partial charge in [0.15, 0.2) is 5.82 Å². The van der Waals surface area contributed by atoms with E-state index in [1.807, 2.05) is 49.4 Å². The molecule has 0 aliphatic carbocycles. The Morgan fingerprint density at radius 3 is 2.00 bits per heavy atom. The first-order valence-corrected chi connectivity index (χ1v) is 7.98. The minimum absolute atomic E-state index is 0.787. The fourth-order valence-electron chi connectivity index (χ4n) is 2.66. The van der Waals surface area contributed by atoms with Gasteiger partial charge < -0.3 is 0 Å². The zero-order chi connectivity index (χ0) is 16.1. The molecule has 23 heavy (non-hydrogen) atoms. The van der Waals surface area contributed by atoms with Gasteiger partial charge >= 0.3 is 0 Å². The average molecular weight is 300 g/mol. The quantitative estimate of drug-likeness (QED) is 0.644. The molecule has 1 heterocycles. The van der Waals surface area contributed by atoms with Crippen LogP contribution >= 0.6 is 0 Å². The highest BCUT2D eigenvalue weighted by Crippen LogP contribution is 2.28. The van der Waals surface area contributed by atoms with Gasteiger partial charge in [-0.3, -0.25) is 0 Å². The fourth-order valence-corrected chi connectivity index (χ4v) is 2.66. The molecule has 1 aromatic heterocycles. The van der Waals surface area contributed by atoms with E-state index in [2.05, 4.69) is 37.3 Å². The van der Waals surface area contributed by atoms with Gasteiger partial charge in [-0.25, -0.2) is 9.97 Å². The van der Waals surface area contributed by atoms with Crippen molar-refractivity contribution in [3.05, 3.63) is 78.0 Å². The van der Waals surface area contributed by atoms with E-state index in [-0.39, 0.29) is 0 Å². The Morgan fingerprint density at radius 2 is 1.43 bits per heavy atom. The van der Waals surface area contributed by atoms with Gasteiger partial charge in [-0.15, -0.1) is 0 Å². The first-order valence-electron chi connectivity index (χ1n) is 7.98. The van der Waals surface area contributed by atoms with E-state index in [9.17, 15) is 0 Å². The largest absolute Gasteiger partial charge is 0.232 e. The number of aromatic nitrogens is 2. The van der Waals surface area contributed by atoms with E-state index in [4.69, 9.17) is 9.97 Å². The summed E-state index contributed by atoms with van der Waals surface area (Å²) in [5.41, 5.74) is 5.35. The lowest BCUT2D eigenvalue weighted by Crippen LogP contribution is -2.02. The number of hydrogen-bond donors (Lipinski definition) is 0. The summed E-state index contributed by atoms with van der Waals surface area (Å²) in [5.74, 6) is 0.787. The first-order chi connectivity index (χ1) is 11.3. The third-order valence-corrected chi connectivity index (χ3v) is 3.77. The molecule has 2 aromatic carbocycles. The summed E-state index contributed by atoms with van der Waals surface area (Å²) in [6.45, 7) is 4.16. The van der Waals surface area contributed by atoms with Crippen LogP contribution in [0.2, 0.25) is 0 Å². The molecule has 0 aliphatic rings. The molecule has 0 fully saturated rings. The summed E-state index contributed by atoms with van der Waals surface area (Å²) in [7, 11) is 0. The molecule has 0 atom stereocenters. The van der Waals surface area contributed by atoms with Gasteiger partial charge in [0.25, 0.3) is 0 Å². The van der Waals surface area contributed by atoms with Crippen LogP contribution in [0.25, 0.3) is 28.7 Å². The number of hydrogen-bond acceptors (Lipinski definition) is 2. The third-order valence-electron chi connectivity index (χ3n) is 3.77. The Morgan fingerprint density at radius 1 is 0.826 bits per heavy atom. The maximum absolute atomic E-state index is 4.88. The molecule has 0 unspecified atom stereocenters. The van der Waals surface area contributed by atoms with Gasteiger partial charge in [0.05, 0.1) is 11.4 Å². The second-order valence-corrected chi connectivity index (χ2v) is 5.34. The molecule has 0 bridgehead atoms. The van der Waals surface area contributed by atoms with E-state index in [1.54, 1.807) is 0 Å². The Hall–Kier alpha value is -2.74. The molecule has 114 valence electrons. The monoisotopic (exact) mass is 300 g/mol. The van der Waals surface area contributed by atoms with E-state index in [0.29, 0.717) is 0 Å². The molecule has 0 N–H and O–H groups in total. The van der Waals surface area contributed by atoms with Crippen molar-refractivity contribution in [2.24, 2.45) is 0 Å². The van der Waals surface area contributed by atoms with Crippen molar-refractivity contribution in [2.45, 2.75) is 20.3 Å². The third kappa shape index (κ3) is 3.21. The highest BCUT2D eigenvalue weighted by atomic mass is 14.9. The number of rotatable bonds is 4. The summed E-state index contributed by atoms with van der Waals surface area (Å²) in [6, 6.07) is 20.5. The van der Waals surface area contributed by atoms with E-state index >= 15 is 0 Å². The van der Waals surface area contributed by atoms with Crippen molar-refractivity contribution in [3.63, 3.8) is 0 Å². The number of nitrogens with zero attached hydrogens (tertiary/aromatic N) is 2. The smallest absolute Gasteiger partial charge is 0.160 e. The Labute approximate surface area is 137 Å². The molecule has 0 radical (unpaired) electrons. The number of benzene rings is 2. The van der Waals surface area contributed by atoms with Gasteiger partial charge in [-0.2, -0.15) is 0 Å². The van der Waals surface area contributed by atoms with Crippen molar-refractivity contribution in [2.75, 3.05) is 0 Å². The van der Waals surface area contributed by atoms with E-state index in [0.717, 1.165) is 40.3 Å². The van der Waals surface area contributed by atoms with Crippen molar-refractivity contribution in [1.29, 1.82) is 0 Å². The summed E-state index contributed by atoms with van der Waals surface area (Å²) in [6.07, 6.45) is 5.03. The molecule has 2 nitrogen and oxygen atoms in total. The van der Waals surface area contributed by atoms with Crippen molar-refractivity contribution < 1.29 is 0 Å². The summed E-state index contributed by atoms with van der Waals surface area (Å²) in [4.78, 5) is 9.68. The molecular weight excluding hydrogens is 280 g/mol. The van der Waals surface area contributed by atoms with Crippen LogP contribution in [0.4, 0.5) is 0 Å². The van der Waals surface area contributed by atoms with Crippen LogP contribution < -0.4 is 0 Å². The molecular formula is C21H20N2. The zero-order valence-electron chi connectivity index (χ0n) is 13.5.